The summed E-state index contributed by atoms with van der Waals surface area (Å²) in [6, 6.07) is 7.22. The largest absolute Gasteiger partial charge is 0.352 e. The van der Waals surface area contributed by atoms with E-state index in [1.807, 2.05) is 12.1 Å². The van der Waals surface area contributed by atoms with Gasteiger partial charge in [0, 0.05) is 32.1 Å². The highest BCUT2D eigenvalue weighted by Gasteiger charge is 2.25. The minimum Gasteiger partial charge on any atom is -0.352 e. The summed E-state index contributed by atoms with van der Waals surface area (Å²) in [6.45, 7) is 3.09. The average Bonchev–Trinajstić information content (AvgIpc) is 2.68. The van der Waals surface area contributed by atoms with Crippen molar-refractivity contribution in [3.05, 3.63) is 29.8 Å². The number of nitrogens with one attached hydrogen (secondary N) is 2. The van der Waals surface area contributed by atoms with Crippen LogP contribution in [0.15, 0.2) is 29.2 Å². The van der Waals surface area contributed by atoms with Crippen LogP contribution in [-0.2, 0) is 21.2 Å². The molecule has 0 aromatic heterocycles. The van der Waals surface area contributed by atoms with Crippen LogP contribution >= 0.6 is 12.4 Å². The van der Waals surface area contributed by atoms with Gasteiger partial charge in [-0.05, 0) is 56.3 Å². The Bertz CT molecular complexity index is 697. The van der Waals surface area contributed by atoms with Crippen molar-refractivity contribution < 1.29 is 13.2 Å². The van der Waals surface area contributed by atoms with Crippen LogP contribution in [0.4, 0.5) is 0 Å². The molecule has 1 aromatic rings. The second-order valence-electron chi connectivity index (χ2n) is 7.22. The highest BCUT2D eigenvalue weighted by molar-refractivity contribution is 7.89. The lowest BCUT2D eigenvalue weighted by Crippen LogP contribution is -2.45. The lowest BCUT2D eigenvalue weighted by Gasteiger charge is -2.25. The number of carbonyl (C=O) groups is 1. The van der Waals surface area contributed by atoms with E-state index in [0.717, 1.165) is 50.8 Å². The van der Waals surface area contributed by atoms with E-state index in [2.05, 4.69) is 10.6 Å². The van der Waals surface area contributed by atoms with Crippen LogP contribution in [0.1, 0.15) is 44.1 Å². The summed E-state index contributed by atoms with van der Waals surface area (Å²) < 4.78 is 26.9. The third-order valence-corrected chi connectivity index (χ3v) is 7.09. The summed E-state index contributed by atoms with van der Waals surface area (Å²) >= 11 is 0. The summed E-state index contributed by atoms with van der Waals surface area (Å²) in [5.74, 6) is 0.0590. The van der Waals surface area contributed by atoms with Crippen molar-refractivity contribution in [2.75, 3.05) is 26.2 Å². The molecule has 0 unspecified atom stereocenters. The van der Waals surface area contributed by atoms with Gasteiger partial charge in [-0.15, -0.1) is 12.4 Å². The van der Waals surface area contributed by atoms with E-state index in [9.17, 15) is 13.2 Å². The molecule has 1 aromatic carbocycles. The molecule has 0 spiro atoms. The van der Waals surface area contributed by atoms with E-state index < -0.39 is 10.0 Å². The zero-order valence-corrected chi connectivity index (χ0v) is 17.3. The number of hydrogen-bond acceptors (Lipinski definition) is 4. The normalized spacial score (nSPS) is 21.3. The number of aryl methyl sites for hydroxylation is 1. The first kappa shape index (κ1) is 22.1. The van der Waals surface area contributed by atoms with Crippen LogP contribution in [0.3, 0.4) is 0 Å². The number of nitrogens with zero attached hydrogens (tertiary/aromatic N) is 1. The van der Waals surface area contributed by atoms with Crippen LogP contribution < -0.4 is 10.6 Å². The molecule has 6 nitrogen and oxygen atoms in total. The van der Waals surface area contributed by atoms with Gasteiger partial charge in [0.25, 0.3) is 0 Å². The maximum Gasteiger partial charge on any atom is 0.243 e. The average molecular weight is 416 g/mol. The number of sulfonamides is 1. The number of amides is 1. The monoisotopic (exact) mass is 415 g/mol. The number of benzene rings is 1. The summed E-state index contributed by atoms with van der Waals surface area (Å²) in [7, 11) is -3.38. The van der Waals surface area contributed by atoms with Crippen LogP contribution in [0, 0.1) is 0 Å². The van der Waals surface area contributed by atoms with Gasteiger partial charge < -0.3 is 10.6 Å². The minimum absolute atomic E-state index is 0. The minimum atomic E-state index is -3.38. The molecule has 2 aliphatic heterocycles. The van der Waals surface area contributed by atoms with Gasteiger partial charge in [-0.1, -0.05) is 18.6 Å². The molecule has 152 valence electrons. The molecule has 1 atom stereocenters. The first-order valence-electron chi connectivity index (χ1n) is 9.65. The predicted octanol–water partition coefficient (Wildman–Crippen LogP) is 2.08. The van der Waals surface area contributed by atoms with Crippen molar-refractivity contribution >= 4 is 28.3 Å². The number of hydrogen-bond donors (Lipinski definition) is 2. The van der Waals surface area contributed by atoms with Crippen molar-refractivity contribution in [1.82, 2.24) is 14.9 Å². The Hall–Kier alpha value is -1.15. The predicted molar refractivity (Wildman–Crippen MR) is 109 cm³/mol. The van der Waals surface area contributed by atoms with Crippen molar-refractivity contribution in [3.8, 4) is 0 Å². The molecule has 27 heavy (non-hydrogen) atoms. The van der Waals surface area contributed by atoms with Crippen LogP contribution in [-0.4, -0.2) is 50.9 Å². The first-order chi connectivity index (χ1) is 12.6. The fourth-order valence-electron chi connectivity index (χ4n) is 3.62. The molecule has 2 fully saturated rings. The van der Waals surface area contributed by atoms with Gasteiger partial charge in [0.1, 0.15) is 0 Å². The fourth-order valence-corrected chi connectivity index (χ4v) is 5.13. The van der Waals surface area contributed by atoms with Gasteiger partial charge in [0.2, 0.25) is 15.9 Å². The fraction of sp³-hybridized carbons (Fsp3) is 0.632. The van der Waals surface area contributed by atoms with Crippen molar-refractivity contribution in [2.24, 2.45) is 0 Å². The molecule has 3 rings (SSSR count). The number of carbonyl (C=O) groups excluding carboxylic acids is 1. The maximum atomic E-state index is 12.6. The Balaban J connectivity index is 0.00000261. The lowest BCUT2D eigenvalue weighted by molar-refractivity contribution is -0.121. The number of rotatable bonds is 6. The van der Waals surface area contributed by atoms with Gasteiger partial charge in [-0.3, -0.25) is 4.79 Å². The molecule has 1 amide bonds. The molecule has 8 heteroatoms. The molecule has 2 heterocycles. The number of piperidine rings is 2. The molecular formula is C19H30ClN3O3S. The summed E-state index contributed by atoms with van der Waals surface area (Å²) in [4.78, 5) is 12.4. The van der Waals surface area contributed by atoms with Crippen molar-refractivity contribution in [1.29, 1.82) is 0 Å². The molecule has 0 saturated carbocycles. The van der Waals surface area contributed by atoms with Gasteiger partial charge >= 0.3 is 0 Å². The Kier molecular flexibility index (Phi) is 8.54. The number of halogens is 1. The molecule has 0 radical (unpaired) electrons. The molecule has 2 saturated heterocycles. The topological polar surface area (TPSA) is 78.5 Å². The second-order valence-corrected chi connectivity index (χ2v) is 9.16. The van der Waals surface area contributed by atoms with E-state index in [4.69, 9.17) is 0 Å². The van der Waals surface area contributed by atoms with Crippen LogP contribution in [0.5, 0.6) is 0 Å². The van der Waals surface area contributed by atoms with E-state index in [1.54, 1.807) is 16.4 Å². The summed E-state index contributed by atoms with van der Waals surface area (Å²) in [6.07, 6.45) is 6.14. The van der Waals surface area contributed by atoms with Gasteiger partial charge in [0.05, 0.1) is 4.90 Å². The molecular weight excluding hydrogens is 386 g/mol. The SMILES string of the molecule is Cl.O=C(CCc1ccc(S(=O)(=O)N2CCCCC2)cc1)N[C@H]1CCCNC1. The highest BCUT2D eigenvalue weighted by Crippen LogP contribution is 2.21. The summed E-state index contributed by atoms with van der Waals surface area (Å²) in [5.41, 5.74) is 0.986. The summed E-state index contributed by atoms with van der Waals surface area (Å²) in [5, 5.41) is 6.35. The van der Waals surface area contributed by atoms with Crippen molar-refractivity contribution in [3.63, 3.8) is 0 Å². The second kappa shape index (κ2) is 10.4. The third-order valence-electron chi connectivity index (χ3n) is 5.18. The highest BCUT2D eigenvalue weighted by atomic mass is 35.5. The molecule has 2 N–H and O–H groups in total. The van der Waals surface area contributed by atoms with Crippen LogP contribution in [0.2, 0.25) is 0 Å². The quantitative estimate of drug-likeness (QED) is 0.745. The van der Waals surface area contributed by atoms with Gasteiger partial charge in [-0.25, -0.2) is 8.42 Å². The van der Waals surface area contributed by atoms with E-state index >= 15 is 0 Å². The lowest BCUT2D eigenvalue weighted by atomic mass is 10.1. The maximum absolute atomic E-state index is 12.6. The zero-order valence-electron chi connectivity index (χ0n) is 15.7. The first-order valence-corrected chi connectivity index (χ1v) is 11.1. The molecule has 0 aliphatic carbocycles. The van der Waals surface area contributed by atoms with Gasteiger partial charge in [0.15, 0.2) is 0 Å². The van der Waals surface area contributed by atoms with Crippen LogP contribution in [0.25, 0.3) is 0 Å². The smallest absolute Gasteiger partial charge is 0.243 e. The third kappa shape index (κ3) is 6.17. The van der Waals surface area contributed by atoms with Gasteiger partial charge in [-0.2, -0.15) is 4.31 Å². The standard InChI is InChI=1S/C19H29N3O3S.ClH/c23-19(21-17-5-4-12-20-15-17)11-8-16-6-9-18(10-7-16)26(24,25)22-13-2-1-3-14-22;/h6-7,9-10,17,20H,1-5,8,11-15H2,(H,21,23);1H/t17-;/m0./s1. The molecule has 2 aliphatic rings. The van der Waals surface area contributed by atoms with E-state index in [1.165, 1.54) is 0 Å². The van der Waals surface area contributed by atoms with E-state index in [0.29, 0.717) is 30.8 Å². The Morgan fingerprint density at radius 2 is 1.81 bits per heavy atom. The van der Waals surface area contributed by atoms with E-state index in [-0.39, 0.29) is 24.4 Å². The Labute approximate surface area is 168 Å². The Morgan fingerprint density at radius 3 is 2.44 bits per heavy atom. The Morgan fingerprint density at radius 1 is 1.11 bits per heavy atom. The molecule has 0 bridgehead atoms. The zero-order chi connectivity index (χ0) is 18.4. The van der Waals surface area contributed by atoms with Crippen molar-refractivity contribution in [2.45, 2.75) is 55.9 Å².